The van der Waals surface area contributed by atoms with E-state index >= 15 is 0 Å². The maximum absolute atomic E-state index is 12.9. The molecule has 26 heavy (non-hydrogen) atoms. The summed E-state index contributed by atoms with van der Waals surface area (Å²) < 4.78 is 0. The summed E-state index contributed by atoms with van der Waals surface area (Å²) >= 11 is 0. The predicted octanol–water partition coefficient (Wildman–Crippen LogP) is 1.56. The van der Waals surface area contributed by atoms with Crippen molar-refractivity contribution in [2.45, 2.75) is 25.4 Å². The Labute approximate surface area is 151 Å². The second-order valence-electron chi connectivity index (χ2n) is 6.08. The largest absolute Gasteiger partial charge is 0.350 e. The molecule has 0 aliphatic carbocycles. The van der Waals surface area contributed by atoms with Crippen LogP contribution in [0, 0.1) is 0 Å². The summed E-state index contributed by atoms with van der Waals surface area (Å²) in [7, 11) is 0. The Morgan fingerprint density at radius 3 is 2.50 bits per heavy atom. The zero-order chi connectivity index (χ0) is 18.6. The summed E-state index contributed by atoms with van der Waals surface area (Å²) in [4.78, 5) is 42.4. The Bertz CT molecular complexity index is 810. The third-order valence-electron chi connectivity index (χ3n) is 4.51. The van der Waals surface area contributed by atoms with Crippen LogP contribution >= 0.6 is 0 Å². The third kappa shape index (κ3) is 3.28. The standard InChI is InChI=1S/C19H20N4O3/c1-2-19(15-6-4-3-5-7-15)17(25)23(18(26)22-19)13-16(24)21-12-14-8-10-20-11-9-14/h3-11H,2,12-13H2,1H3,(H,21,24)(H,22,26)/t19-/m0/s1. The zero-order valence-electron chi connectivity index (χ0n) is 14.4. The molecule has 7 nitrogen and oxygen atoms in total. The summed E-state index contributed by atoms with van der Waals surface area (Å²) in [5, 5.41) is 5.47. The van der Waals surface area contributed by atoms with Gasteiger partial charge in [0.2, 0.25) is 5.91 Å². The first-order valence-corrected chi connectivity index (χ1v) is 8.42. The van der Waals surface area contributed by atoms with Crippen LogP contribution in [0.5, 0.6) is 0 Å². The molecule has 7 heteroatoms. The monoisotopic (exact) mass is 352 g/mol. The summed E-state index contributed by atoms with van der Waals surface area (Å²) in [6.07, 6.45) is 3.67. The minimum atomic E-state index is -1.12. The Morgan fingerprint density at radius 2 is 1.85 bits per heavy atom. The van der Waals surface area contributed by atoms with Crippen molar-refractivity contribution in [3.8, 4) is 0 Å². The summed E-state index contributed by atoms with van der Waals surface area (Å²) in [5.74, 6) is -0.805. The van der Waals surface area contributed by atoms with E-state index in [1.54, 1.807) is 36.7 Å². The quantitative estimate of drug-likeness (QED) is 0.772. The maximum Gasteiger partial charge on any atom is 0.325 e. The molecule has 1 fully saturated rings. The predicted molar refractivity (Wildman–Crippen MR) is 94.7 cm³/mol. The molecule has 0 unspecified atom stereocenters. The number of rotatable bonds is 6. The number of carbonyl (C=O) groups excluding carboxylic acids is 3. The van der Waals surface area contributed by atoms with E-state index in [4.69, 9.17) is 0 Å². The number of hydrogen-bond donors (Lipinski definition) is 2. The minimum Gasteiger partial charge on any atom is -0.350 e. The number of imide groups is 1. The summed E-state index contributed by atoms with van der Waals surface area (Å²) in [6, 6.07) is 12.1. The SMILES string of the molecule is CC[C@@]1(c2ccccc2)NC(=O)N(CC(=O)NCc2ccncc2)C1=O. The Morgan fingerprint density at radius 1 is 1.15 bits per heavy atom. The fourth-order valence-corrected chi connectivity index (χ4v) is 3.03. The first kappa shape index (κ1) is 17.6. The van der Waals surface area contributed by atoms with Gasteiger partial charge in [-0.2, -0.15) is 0 Å². The van der Waals surface area contributed by atoms with Gasteiger partial charge in [-0.05, 0) is 29.7 Å². The normalized spacial score (nSPS) is 19.3. The third-order valence-corrected chi connectivity index (χ3v) is 4.51. The molecule has 1 aromatic carbocycles. The van der Waals surface area contributed by atoms with E-state index in [2.05, 4.69) is 15.6 Å². The minimum absolute atomic E-state index is 0.308. The van der Waals surface area contributed by atoms with Crippen molar-refractivity contribution in [3.05, 3.63) is 66.0 Å². The van der Waals surface area contributed by atoms with Gasteiger partial charge in [-0.3, -0.25) is 19.5 Å². The number of amides is 4. The van der Waals surface area contributed by atoms with Crippen LogP contribution in [-0.2, 0) is 21.7 Å². The molecule has 0 spiro atoms. The molecule has 3 rings (SSSR count). The fourth-order valence-electron chi connectivity index (χ4n) is 3.03. The first-order chi connectivity index (χ1) is 12.6. The second-order valence-corrected chi connectivity index (χ2v) is 6.08. The number of benzene rings is 1. The van der Waals surface area contributed by atoms with E-state index in [9.17, 15) is 14.4 Å². The number of hydrogen-bond acceptors (Lipinski definition) is 4. The van der Waals surface area contributed by atoms with Gasteiger partial charge in [0.1, 0.15) is 12.1 Å². The highest BCUT2D eigenvalue weighted by Crippen LogP contribution is 2.32. The molecule has 134 valence electrons. The fraction of sp³-hybridized carbons (Fsp3) is 0.263. The van der Waals surface area contributed by atoms with Crippen LogP contribution in [0.1, 0.15) is 24.5 Å². The Hall–Kier alpha value is -3.22. The Kier molecular flexibility index (Phi) is 4.97. The molecule has 1 aliphatic rings. The van der Waals surface area contributed by atoms with Crippen molar-refractivity contribution < 1.29 is 14.4 Å². The summed E-state index contributed by atoms with van der Waals surface area (Å²) in [6.45, 7) is 1.82. The molecular weight excluding hydrogens is 332 g/mol. The van der Waals surface area contributed by atoms with Crippen LogP contribution in [-0.4, -0.2) is 34.3 Å². The smallest absolute Gasteiger partial charge is 0.325 e. The van der Waals surface area contributed by atoms with E-state index < -0.39 is 23.4 Å². The van der Waals surface area contributed by atoms with Crippen LogP contribution in [0.4, 0.5) is 4.79 Å². The highest BCUT2D eigenvalue weighted by Gasteiger charge is 2.51. The van der Waals surface area contributed by atoms with Crippen molar-refractivity contribution >= 4 is 17.8 Å². The molecule has 0 bridgehead atoms. The highest BCUT2D eigenvalue weighted by molar-refractivity contribution is 6.09. The van der Waals surface area contributed by atoms with Gasteiger partial charge in [-0.15, -0.1) is 0 Å². The highest BCUT2D eigenvalue weighted by atomic mass is 16.2. The molecule has 1 aliphatic heterocycles. The van der Waals surface area contributed by atoms with E-state index in [0.29, 0.717) is 18.5 Å². The molecule has 0 radical (unpaired) electrons. The number of carbonyl (C=O) groups is 3. The van der Waals surface area contributed by atoms with Crippen molar-refractivity contribution in [3.63, 3.8) is 0 Å². The van der Waals surface area contributed by atoms with Crippen molar-refractivity contribution in [1.29, 1.82) is 0 Å². The molecule has 0 saturated carbocycles. The molecule has 4 amide bonds. The van der Waals surface area contributed by atoms with Crippen molar-refractivity contribution in [2.24, 2.45) is 0 Å². The zero-order valence-corrected chi connectivity index (χ0v) is 14.4. The van der Waals surface area contributed by atoms with E-state index in [1.807, 2.05) is 25.1 Å². The van der Waals surface area contributed by atoms with Gasteiger partial charge in [0.25, 0.3) is 5.91 Å². The van der Waals surface area contributed by atoms with Crippen LogP contribution in [0.3, 0.4) is 0 Å². The molecule has 1 atom stereocenters. The lowest BCUT2D eigenvalue weighted by Gasteiger charge is -2.25. The lowest BCUT2D eigenvalue weighted by atomic mass is 9.87. The van der Waals surface area contributed by atoms with Gasteiger partial charge in [-0.25, -0.2) is 4.79 Å². The van der Waals surface area contributed by atoms with Crippen LogP contribution in [0.15, 0.2) is 54.9 Å². The van der Waals surface area contributed by atoms with Gasteiger partial charge in [0.05, 0.1) is 0 Å². The van der Waals surface area contributed by atoms with Gasteiger partial charge in [0.15, 0.2) is 0 Å². The van der Waals surface area contributed by atoms with Gasteiger partial charge >= 0.3 is 6.03 Å². The number of nitrogens with one attached hydrogen (secondary N) is 2. The van der Waals surface area contributed by atoms with Gasteiger partial charge in [0, 0.05) is 18.9 Å². The molecule has 2 N–H and O–H groups in total. The van der Waals surface area contributed by atoms with Crippen LogP contribution < -0.4 is 10.6 Å². The second kappa shape index (κ2) is 7.35. The summed E-state index contributed by atoms with van der Waals surface area (Å²) in [5.41, 5.74) is 0.474. The Balaban J connectivity index is 1.70. The molecule has 1 saturated heterocycles. The lowest BCUT2D eigenvalue weighted by Crippen LogP contribution is -2.44. The van der Waals surface area contributed by atoms with Gasteiger partial charge < -0.3 is 10.6 Å². The van der Waals surface area contributed by atoms with Crippen LogP contribution in [0.2, 0.25) is 0 Å². The number of urea groups is 1. The van der Waals surface area contributed by atoms with E-state index in [0.717, 1.165) is 10.5 Å². The van der Waals surface area contributed by atoms with E-state index in [1.165, 1.54) is 0 Å². The lowest BCUT2D eigenvalue weighted by molar-refractivity contribution is -0.135. The maximum atomic E-state index is 12.9. The van der Waals surface area contributed by atoms with Crippen molar-refractivity contribution in [1.82, 2.24) is 20.5 Å². The number of nitrogens with zero attached hydrogens (tertiary/aromatic N) is 2. The molecule has 1 aromatic heterocycles. The average Bonchev–Trinajstić information content (AvgIpc) is 2.93. The molecule has 2 heterocycles. The molecule has 2 aromatic rings. The average molecular weight is 352 g/mol. The van der Waals surface area contributed by atoms with Gasteiger partial charge in [-0.1, -0.05) is 37.3 Å². The number of aromatic nitrogens is 1. The van der Waals surface area contributed by atoms with Crippen LogP contribution in [0.25, 0.3) is 0 Å². The molecular formula is C19H20N4O3. The van der Waals surface area contributed by atoms with Crippen molar-refractivity contribution in [2.75, 3.05) is 6.54 Å². The number of pyridine rings is 1. The first-order valence-electron chi connectivity index (χ1n) is 8.42. The topological polar surface area (TPSA) is 91.4 Å². The van der Waals surface area contributed by atoms with E-state index in [-0.39, 0.29) is 6.54 Å².